The summed E-state index contributed by atoms with van der Waals surface area (Å²) in [5.74, 6) is 0.615. The van der Waals surface area contributed by atoms with Gasteiger partial charge in [0, 0.05) is 13.0 Å². The molecule has 2 rings (SSSR count). The zero-order chi connectivity index (χ0) is 11.9. The predicted octanol–water partition coefficient (Wildman–Crippen LogP) is 3.41. The minimum Gasteiger partial charge on any atom is -0.353 e. The standard InChI is InChI=1S/C15H22O2/c1-2-3-9-16-15-11-14(12-17-15)10-13-7-5-4-6-8-13/h4-8,14-15H,2-3,9-12H2,1H3/t14-,15+/m0/s1. The summed E-state index contributed by atoms with van der Waals surface area (Å²) in [4.78, 5) is 0. The topological polar surface area (TPSA) is 18.5 Å². The maximum atomic E-state index is 5.69. The van der Waals surface area contributed by atoms with Gasteiger partial charge in [0.15, 0.2) is 6.29 Å². The van der Waals surface area contributed by atoms with Crippen LogP contribution in [-0.4, -0.2) is 19.5 Å². The number of hydrogen-bond donors (Lipinski definition) is 0. The molecule has 2 heteroatoms. The maximum absolute atomic E-state index is 5.69. The summed E-state index contributed by atoms with van der Waals surface area (Å²) in [6.45, 7) is 3.85. The molecule has 0 radical (unpaired) electrons. The summed E-state index contributed by atoms with van der Waals surface area (Å²) < 4.78 is 11.4. The Morgan fingerprint density at radius 1 is 1.29 bits per heavy atom. The van der Waals surface area contributed by atoms with E-state index in [4.69, 9.17) is 9.47 Å². The summed E-state index contributed by atoms with van der Waals surface area (Å²) in [5.41, 5.74) is 1.40. The molecule has 0 aliphatic carbocycles. The highest BCUT2D eigenvalue weighted by Gasteiger charge is 2.25. The van der Waals surface area contributed by atoms with Crippen molar-refractivity contribution in [3.8, 4) is 0 Å². The summed E-state index contributed by atoms with van der Waals surface area (Å²) in [5, 5.41) is 0. The van der Waals surface area contributed by atoms with Gasteiger partial charge < -0.3 is 9.47 Å². The maximum Gasteiger partial charge on any atom is 0.157 e. The molecule has 1 aromatic carbocycles. The Morgan fingerprint density at radius 2 is 2.12 bits per heavy atom. The van der Waals surface area contributed by atoms with Crippen LogP contribution in [0.2, 0.25) is 0 Å². The first-order valence-electron chi connectivity index (χ1n) is 6.65. The number of unbranched alkanes of at least 4 members (excludes halogenated alkanes) is 1. The Morgan fingerprint density at radius 3 is 2.88 bits per heavy atom. The van der Waals surface area contributed by atoms with Gasteiger partial charge in [-0.15, -0.1) is 0 Å². The normalized spacial score (nSPS) is 24.1. The monoisotopic (exact) mass is 234 g/mol. The minimum absolute atomic E-state index is 0.0373. The van der Waals surface area contributed by atoms with Gasteiger partial charge in [0.1, 0.15) is 0 Å². The van der Waals surface area contributed by atoms with Gasteiger partial charge in [-0.1, -0.05) is 43.7 Å². The van der Waals surface area contributed by atoms with Crippen molar-refractivity contribution in [2.24, 2.45) is 5.92 Å². The zero-order valence-corrected chi connectivity index (χ0v) is 10.6. The number of rotatable bonds is 6. The van der Waals surface area contributed by atoms with Crippen molar-refractivity contribution < 1.29 is 9.47 Å². The minimum atomic E-state index is 0.0373. The number of ether oxygens (including phenoxy) is 2. The van der Waals surface area contributed by atoms with Gasteiger partial charge in [0.25, 0.3) is 0 Å². The first-order chi connectivity index (χ1) is 8.38. The van der Waals surface area contributed by atoms with Crippen molar-refractivity contribution in [1.29, 1.82) is 0 Å². The fourth-order valence-electron chi connectivity index (χ4n) is 2.22. The van der Waals surface area contributed by atoms with E-state index in [-0.39, 0.29) is 6.29 Å². The van der Waals surface area contributed by atoms with Crippen molar-refractivity contribution in [3.63, 3.8) is 0 Å². The fourth-order valence-corrected chi connectivity index (χ4v) is 2.22. The zero-order valence-electron chi connectivity index (χ0n) is 10.6. The third-order valence-corrected chi connectivity index (χ3v) is 3.21. The van der Waals surface area contributed by atoms with Crippen LogP contribution in [0.3, 0.4) is 0 Å². The van der Waals surface area contributed by atoms with Gasteiger partial charge in [-0.2, -0.15) is 0 Å². The first-order valence-corrected chi connectivity index (χ1v) is 6.65. The van der Waals surface area contributed by atoms with Crippen LogP contribution in [0.25, 0.3) is 0 Å². The third kappa shape index (κ3) is 4.14. The second-order valence-electron chi connectivity index (χ2n) is 4.78. The molecule has 0 unspecified atom stereocenters. The smallest absolute Gasteiger partial charge is 0.157 e. The van der Waals surface area contributed by atoms with E-state index < -0.39 is 0 Å². The van der Waals surface area contributed by atoms with E-state index >= 15 is 0 Å². The van der Waals surface area contributed by atoms with Crippen molar-refractivity contribution in [3.05, 3.63) is 35.9 Å². The summed E-state index contributed by atoms with van der Waals surface area (Å²) in [6.07, 6.45) is 4.49. The Hall–Kier alpha value is -0.860. The molecule has 1 heterocycles. The Kier molecular flexibility index (Phi) is 5.02. The molecular weight excluding hydrogens is 212 g/mol. The van der Waals surface area contributed by atoms with Gasteiger partial charge in [-0.3, -0.25) is 0 Å². The molecule has 0 bridgehead atoms. The van der Waals surface area contributed by atoms with Gasteiger partial charge in [-0.25, -0.2) is 0 Å². The number of benzene rings is 1. The molecule has 2 atom stereocenters. The molecule has 1 aliphatic rings. The molecule has 94 valence electrons. The van der Waals surface area contributed by atoms with Crippen LogP contribution in [0.4, 0.5) is 0 Å². The highest BCUT2D eigenvalue weighted by Crippen LogP contribution is 2.24. The lowest BCUT2D eigenvalue weighted by Crippen LogP contribution is -2.11. The lowest BCUT2D eigenvalue weighted by molar-refractivity contribution is -0.111. The van der Waals surface area contributed by atoms with Gasteiger partial charge in [0.2, 0.25) is 0 Å². The molecule has 17 heavy (non-hydrogen) atoms. The highest BCUT2D eigenvalue weighted by molar-refractivity contribution is 5.15. The molecule has 0 aromatic heterocycles. The second-order valence-corrected chi connectivity index (χ2v) is 4.78. The quantitative estimate of drug-likeness (QED) is 0.702. The largest absolute Gasteiger partial charge is 0.353 e. The Bertz CT molecular complexity index is 310. The molecule has 0 spiro atoms. The fraction of sp³-hybridized carbons (Fsp3) is 0.600. The van der Waals surface area contributed by atoms with Crippen LogP contribution < -0.4 is 0 Å². The number of hydrogen-bond acceptors (Lipinski definition) is 2. The van der Waals surface area contributed by atoms with Crippen LogP contribution in [0.15, 0.2) is 30.3 Å². The molecule has 0 N–H and O–H groups in total. The Balaban J connectivity index is 1.71. The molecule has 0 saturated carbocycles. The van der Waals surface area contributed by atoms with E-state index in [2.05, 4.69) is 37.3 Å². The lowest BCUT2D eigenvalue weighted by Gasteiger charge is -2.10. The van der Waals surface area contributed by atoms with Crippen molar-refractivity contribution in [2.45, 2.75) is 38.9 Å². The average Bonchev–Trinajstić information content (AvgIpc) is 2.79. The van der Waals surface area contributed by atoms with Crippen LogP contribution >= 0.6 is 0 Å². The second kappa shape index (κ2) is 6.77. The molecule has 0 amide bonds. The van der Waals surface area contributed by atoms with Crippen LogP contribution in [0.1, 0.15) is 31.7 Å². The average molecular weight is 234 g/mol. The third-order valence-electron chi connectivity index (χ3n) is 3.21. The van der Waals surface area contributed by atoms with Crippen molar-refractivity contribution >= 4 is 0 Å². The first kappa shape index (κ1) is 12.6. The van der Waals surface area contributed by atoms with E-state index in [0.717, 1.165) is 32.5 Å². The molecule has 1 aliphatic heterocycles. The van der Waals surface area contributed by atoms with E-state index in [1.807, 2.05) is 0 Å². The lowest BCUT2D eigenvalue weighted by atomic mass is 9.98. The van der Waals surface area contributed by atoms with Gasteiger partial charge in [-0.05, 0) is 24.3 Å². The van der Waals surface area contributed by atoms with Crippen LogP contribution in [-0.2, 0) is 15.9 Å². The summed E-state index contributed by atoms with van der Waals surface area (Å²) in [6, 6.07) is 10.6. The van der Waals surface area contributed by atoms with Crippen molar-refractivity contribution in [2.75, 3.05) is 13.2 Å². The van der Waals surface area contributed by atoms with E-state index in [0.29, 0.717) is 5.92 Å². The molecule has 1 aromatic rings. The van der Waals surface area contributed by atoms with E-state index in [1.165, 1.54) is 12.0 Å². The van der Waals surface area contributed by atoms with Gasteiger partial charge >= 0.3 is 0 Å². The van der Waals surface area contributed by atoms with E-state index in [1.54, 1.807) is 0 Å². The SMILES string of the molecule is CCCCO[C@H]1C[C@H](Cc2ccccc2)CO1. The van der Waals surface area contributed by atoms with Gasteiger partial charge in [0.05, 0.1) is 6.61 Å². The molecule has 1 fully saturated rings. The van der Waals surface area contributed by atoms with E-state index in [9.17, 15) is 0 Å². The summed E-state index contributed by atoms with van der Waals surface area (Å²) >= 11 is 0. The van der Waals surface area contributed by atoms with Crippen LogP contribution in [0, 0.1) is 5.92 Å². The Labute approximate surface area is 104 Å². The predicted molar refractivity (Wildman–Crippen MR) is 68.9 cm³/mol. The molecular formula is C15H22O2. The highest BCUT2D eigenvalue weighted by atomic mass is 16.7. The van der Waals surface area contributed by atoms with Crippen molar-refractivity contribution in [1.82, 2.24) is 0 Å². The van der Waals surface area contributed by atoms with Crippen LogP contribution in [0.5, 0.6) is 0 Å². The summed E-state index contributed by atoms with van der Waals surface area (Å²) in [7, 11) is 0. The molecule has 1 saturated heterocycles. The molecule has 2 nitrogen and oxygen atoms in total.